The third-order valence-electron chi connectivity index (χ3n) is 6.31. The summed E-state index contributed by atoms with van der Waals surface area (Å²) in [6.45, 7) is 0. The van der Waals surface area contributed by atoms with Crippen LogP contribution in [0.3, 0.4) is 0 Å². The maximum Gasteiger partial charge on any atom is 0.0998 e. The van der Waals surface area contributed by atoms with Crippen LogP contribution >= 0.6 is 0 Å². The Morgan fingerprint density at radius 1 is 0.500 bits per heavy atom. The lowest BCUT2D eigenvalue weighted by Crippen LogP contribution is -1.94. The Kier molecular flexibility index (Phi) is 4.87. The molecule has 0 unspecified atom stereocenters. The van der Waals surface area contributed by atoms with Gasteiger partial charge in [-0.05, 0) is 45.8 Å². The summed E-state index contributed by atoms with van der Waals surface area (Å²) in [5, 5.41) is 13.1. The third-order valence-corrected chi connectivity index (χ3v) is 6.31. The van der Waals surface area contributed by atoms with Crippen molar-refractivity contribution in [3.05, 3.63) is 127 Å². The van der Waals surface area contributed by atoms with E-state index in [0.717, 1.165) is 38.7 Å². The zero-order chi connectivity index (χ0) is 22.9. The summed E-state index contributed by atoms with van der Waals surface area (Å²) in [5.41, 5.74) is 7.82. The van der Waals surface area contributed by atoms with Gasteiger partial charge >= 0.3 is 0 Å². The van der Waals surface area contributed by atoms with Gasteiger partial charge in [0.1, 0.15) is 0 Å². The van der Waals surface area contributed by atoms with Crippen LogP contribution in [0.15, 0.2) is 121 Å². The summed E-state index contributed by atoms with van der Waals surface area (Å²) >= 11 is 0. The Balaban J connectivity index is 1.78. The van der Waals surface area contributed by atoms with Crippen LogP contribution in [0.2, 0.25) is 0 Å². The largest absolute Gasteiger partial charge is 0.247 e. The highest BCUT2D eigenvalue weighted by Gasteiger charge is 2.16. The van der Waals surface area contributed by atoms with Crippen molar-refractivity contribution in [1.82, 2.24) is 4.98 Å². The molecule has 34 heavy (non-hydrogen) atoms. The smallest absolute Gasteiger partial charge is 0.0998 e. The van der Waals surface area contributed by atoms with Gasteiger partial charge in [-0.25, -0.2) is 4.98 Å². The molecule has 0 N–H and O–H groups in total. The van der Waals surface area contributed by atoms with Gasteiger partial charge in [0, 0.05) is 16.3 Å². The third kappa shape index (κ3) is 3.32. The average Bonchev–Trinajstić information content (AvgIpc) is 2.93. The summed E-state index contributed by atoms with van der Waals surface area (Å²) in [6.07, 6.45) is 0. The van der Waals surface area contributed by atoms with Crippen LogP contribution in [0.25, 0.3) is 55.2 Å². The van der Waals surface area contributed by atoms with Crippen LogP contribution in [-0.4, -0.2) is 4.98 Å². The molecule has 0 spiro atoms. The molecular formula is C32H20N2. The fourth-order valence-corrected chi connectivity index (χ4v) is 4.71. The minimum absolute atomic E-state index is 0.624. The van der Waals surface area contributed by atoms with Crippen LogP contribution in [0.4, 0.5) is 0 Å². The summed E-state index contributed by atoms with van der Waals surface area (Å²) in [5.74, 6) is 0. The maximum absolute atomic E-state index is 9.74. The van der Waals surface area contributed by atoms with Gasteiger partial charge in [-0.1, -0.05) is 103 Å². The van der Waals surface area contributed by atoms with Gasteiger partial charge in [-0.15, -0.1) is 0 Å². The van der Waals surface area contributed by atoms with E-state index in [2.05, 4.69) is 91.0 Å². The van der Waals surface area contributed by atoms with E-state index in [1.165, 1.54) is 16.5 Å². The first kappa shape index (κ1) is 19.9. The number of aromatic nitrogens is 1. The van der Waals surface area contributed by atoms with Gasteiger partial charge in [0.15, 0.2) is 0 Å². The highest BCUT2D eigenvalue weighted by Crippen LogP contribution is 2.40. The molecule has 0 saturated carbocycles. The molecule has 0 aliphatic carbocycles. The molecule has 0 saturated heterocycles. The van der Waals surface area contributed by atoms with E-state index in [0.29, 0.717) is 5.56 Å². The van der Waals surface area contributed by atoms with Crippen molar-refractivity contribution in [2.45, 2.75) is 0 Å². The van der Waals surface area contributed by atoms with Gasteiger partial charge in [-0.3, -0.25) is 0 Å². The lowest BCUT2D eigenvalue weighted by atomic mass is 9.90. The molecule has 158 valence electrons. The summed E-state index contributed by atoms with van der Waals surface area (Å²) in [4.78, 5) is 5.15. The SMILES string of the molecule is N#Cc1ccccc1-c1cc(-c2ccccc2)c2cc(-c3ccccc3)c3ccccc3c2n1. The minimum Gasteiger partial charge on any atom is -0.247 e. The van der Waals surface area contributed by atoms with Gasteiger partial charge in [0.25, 0.3) is 0 Å². The second-order valence-corrected chi connectivity index (χ2v) is 8.31. The van der Waals surface area contributed by atoms with Crippen LogP contribution in [0.5, 0.6) is 0 Å². The van der Waals surface area contributed by atoms with Crippen molar-refractivity contribution >= 4 is 21.7 Å². The van der Waals surface area contributed by atoms with Gasteiger partial charge < -0.3 is 0 Å². The molecule has 6 aromatic rings. The second kappa shape index (κ2) is 8.31. The molecular weight excluding hydrogens is 412 g/mol. The molecule has 0 fully saturated rings. The fraction of sp³-hybridized carbons (Fsp3) is 0. The van der Waals surface area contributed by atoms with Gasteiger partial charge in [0.2, 0.25) is 0 Å². The van der Waals surface area contributed by atoms with Crippen molar-refractivity contribution < 1.29 is 0 Å². The first-order chi connectivity index (χ1) is 16.8. The monoisotopic (exact) mass is 432 g/mol. The number of hydrogen-bond acceptors (Lipinski definition) is 2. The molecule has 0 amide bonds. The van der Waals surface area contributed by atoms with E-state index < -0.39 is 0 Å². The Morgan fingerprint density at radius 2 is 1.06 bits per heavy atom. The van der Waals surface area contributed by atoms with Crippen molar-refractivity contribution in [3.63, 3.8) is 0 Å². The second-order valence-electron chi connectivity index (χ2n) is 8.31. The molecule has 0 bridgehead atoms. The number of pyridine rings is 1. The van der Waals surface area contributed by atoms with E-state index >= 15 is 0 Å². The van der Waals surface area contributed by atoms with E-state index in [9.17, 15) is 5.26 Å². The molecule has 0 radical (unpaired) electrons. The number of hydrogen-bond donors (Lipinski definition) is 0. The number of rotatable bonds is 3. The van der Waals surface area contributed by atoms with Gasteiger partial charge in [0.05, 0.1) is 22.8 Å². The molecule has 0 aliphatic rings. The minimum atomic E-state index is 0.624. The van der Waals surface area contributed by atoms with Crippen LogP contribution in [0, 0.1) is 11.3 Å². The van der Waals surface area contributed by atoms with Crippen LogP contribution in [-0.2, 0) is 0 Å². The standard InChI is InChI=1S/C32H20N2/c33-21-24-15-7-8-16-25(24)31-20-29(23-13-5-2-6-14-23)30-19-28(22-11-3-1-4-12-22)26-17-9-10-18-27(26)32(30)34-31/h1-20H. The highest BCUT2D eigenvalue weighted by atomic mass is 14.7. The highest BCUT2D eigenvalue weighted by molar-refractivity contribution is 6.16. The van der Waals surface area contributed by atoms with E-state index in [-0.39, 0.29) is 0 Å². The first-order valence-corrected chi connectivity index (χ1v) is 11.3. The van der Waals surface area contributed by atoms with Crippen molar-refractivity contribution in [2.24, 2.45) is 0 Å². The maximum atomic E-state index is 9.74. The molecule has 5 aromatic carbocycles. The molecule has 2 heteroatoms. The van der Waals surface area contributed by atoms with E-state index in [1.807, 2.05) is 36.4 Å². The fourth-order valence-electron chi connectivity index (χ4n) is 4.71. The molecule has 1 heterocycles. The molecule has 0 aliphatic heterocycles. The Labute approximate surface area is 198 Å². The lowest BCUT2D eigenvalue weighted by molar-refractivity contribution is 1.39. The number of nitrogens with zero attached hydrogens (tertiary/aromatic N) is 2. The zero-order valence-corrected chi connectivity index (χ0v) is 18.4. The quantitative estimate of drug-likeness (QED) is 0.264. The Bertz CT molecular complexity index is 1700. The molecule has 1 aromatic heterocycles. The van der Waals surface area contributed by atoms with Crippen molar-refractivity contribution in [3.8, 4) is 39.6 Å². The number of fused-ring (bicyclic) bond motifs is 3. The van der Waals surface area contributed by atoms with E-state index in [1.54, 1.807) is 0 Å². The first-order valence-electron chi connectivity index (χ1n) is 11.3. The van der Waals surface area contributed by atoms with Crippen LogP contribution < -0.4 is 0 Å². The summed E-state index contributed by atoms with van der Waals surface area (Å²) in [7, 11) is 0. The molecule has 0 atom stereocenters. The summed E-state index contributed by atoms with van der Waals surface area (Å²) < 4.78 is 0. The number of benzene rings is 5. The van der Waals surface area contributed by atoms with E-state index in [4.69, 9.17) is 4.98 Å². The summed E-state index contributed by atoms with van der Waals surface area (Å²) in [6, 6.07) is 43.8. The van der Waals surface area contributed by atoms with Crippen molar-refractivity contribution in [1.29, 1.82) is 5.26 Å². The zero-order valence-electron chi connectivity index (χ0n) is 18.4. The molecule has 2 nitrogen and oxygen atoms in total. The predicted molar refractivity (Wildman–Crippen MR) is 140 cm³/mol. The predicted octanol–water partition coefficient (Wildman–Crippen LogP) is 8.26. The lowest BCUT2D eigenvalue weighted by Gasteiger charge is -2.16. The average molecular weight is 433 g/mol. The van der Waals surface area contributed by atoms with Crippen molar-refractivity contribution in [2.75, 3.05) is 0 Å². The van der Waals surface area contributed by atoms with Gasteiger partial charge in [-0.2, -0.15) is 5.26 Å². The Hall–Kier alpha value is -4.74. The normalized spacial score (nSPS) is 10.9. The van der Waals surface area contributed by atoms with Crippen LogP contribution in [0.1, 0.15) is 5.56 Å². The Morgan fingerprint density at radius 3 is 1.74 bits per heavy atom. The topological polar surface area (TPSA) is 36.7 Å². The molecule has 6 rings (SSSR count). The number of nitriles is 1.